The van der Waals surface area contributed by atoms with E-state index in [4.69, 9.17) is 28.9 Å². The molecule has 78 valence electrons. The van der Waals surface area contributed by atoms with E-state index in [0.29, 0.717) is 22.3 Å². The lowest BCUT2D eigenvalue weighted by atomic mass is 10.3. The molecular formula is C9H12Cl2N2O. The number of benzene rings is 1. The summed E-state index contributed by atoms with van der Waals surface area (Å²) in [6, 6.07) is 5.10. The van der Waals surface area contributed by atoms with Crippen molar-refractivity contribution >= 4 is 28.9 Å². The van der Waals surface area contributed by atoms with Gasteiger partial charge in [-0.2, -0.15) is 0 Å². The van der Waals surface area contributed by atoms with Gasteiger partial charge in [0, 0.05) is 18.1 Å². The number of hydrogen-bond acceptors (Lipinski definition) is 3. The molecule has 3 nitrogen and oxygen atoms in total. The third-order valence-corrected chi connectivity index (χ3v) is 2.29. The van der Waals surface area contributed by atoms with Crippen LogP contribution in [0, 0.1) is 0 Å². The number of nitrogens with two attached hydrogens (primary N) is 1. The molecule has 4 N–H and O–H groups in total. The molecule has 0 fully saturated rings. The van der Waals surface area contributed by atoms with Crippen molar-refractivity contribution in [2.45, 2.75) is 6.10 Å². The molecule has 5 heteroatoms. The summed E-state index contributed by atoms with van der Waals surface area (Å²) in [5.41, 5.74) is 5.96. The lowest BCUT2D eigenvalue weighted by molar-refractivity contribution is 0.196. The van der Waals surface area contributed by atoms with E-state index in [-0.39, 0.29) is 6.54 Å². The Balaban J connectivity index is 2.62. The molecule has 0 amide bonds. The van der Waals surface area contributed by atoms with Gasteiger partial charge in [-0.15, -0.1) is 0 Å². The normalized spacial score (nSPS) is 12.6. The van der Waals surface area contributed by atoms with E-state index in [1.807, 2.05) is 0 Å². The van der Waals surface area contributed by atoms with Crippen molar-refractivity contribution < 1.29 is 5.11 Å². The van der Waals surface area contributed by atoms with Crippen LogP contribution in [0.4, 0.5) is 5.69 Å². The highest BCUT2D eigenvalue weighted by Gasteiger charge is 2.03. The average Bonchev–Trinajstić information content (AvgIpc) is 2.19. The number of nitrogens with one attached hydrogen (secondary N) is 1. The summed E-state index contributed by atoms with van der Waals surface area (Å²) in [6.45, 7) is 0.571. The predicted molar refractivity (Wildman–Crippen MR) is 60.0 cm³/mol. The van der Waals surface area contributed by atoms with Gasteiger partial charge in [0.15, 0.2) is 0 Å². The average molecular weight is 235 g/mol. The van der Waals surface area contributed by atoms with E-state index < -0.39 is 6.10 Å². The molecule has 0 aromatic heterocycles. The first-order chi connectivity index (χ1) is 6.63. The van der Waals surface area contributed by atoms with Gasteiger partial charge in [-0.3, -0.25) is 0 Å². The number of halogens is 2. The summed E-state index contributed by atoms with van der Waals surface area (Å²) < 4.78 is 0. The summed E-state index contributed by atoms with van der Waals surface area (Å²) in [6.07, 6.45) is -0.579. The van der Waals surface area contributed by atoms with Gasteiger partial charge >= 0.3 is 0 Å². The molecule has 0 spiro atoms. The van der Waals surface area contributed by atoms with E-state index in [1.165, 1.54) is 0 Å². The minimum atomic E-state index is -0.579. The van der Waals surface area contributed by atoms with Crippen molar-refractivity contribution in [2.75, 3.05) is 18.4 Å². The lowest BCUT2D eigenvalue weighted by Crippen LogP contribution is -2.27. The van der Waals surface area contributed by atoms with Crippen molar-refractivity contribution in [2.24, 2.45) is 5.73 Å². The standard InChI is InChI=1S/C9H12Cl2N2O/c10-6-1-2-8(11)9(3-6)13-5-7(14)4-12/h1-3,7,13-14H,4-5,12H2/t7-/m0/s1. The van der Waals surface area contributed by atoms with E-state index in [2.05, 4.69) is 5.32 Å². The Morgan fingerprint density at radius 1 is 1.43 bits per heavy atom. The number of aliphatic hydroxyl groups is 1. The van der Waals surface area contributed by atoms with Crippen molar-refractivity contribution in [1.29, 1.82) is 0 Å². The molecule has 0 radical (unpaired) electrons. The summed E-state index contributed by atoms with van der Waals surface area (Å²) in [5.74, 6) is 0. The highest BCUT2D eigenvalue weighted by molar-refractivity contribution is 6.35. The second-order valence-corrected chi connectivity index (χ2v) is 3.74. The van der Waals surface area contributed by atoms with Gasteiger partial charge in [0.2, 0.25) is 0 Å². The van der Waals surface area contributed by atoms with Crippen LogP contribution in [-0.2, 0) is 0 Å². The highest BCUT2D eigenvalue weighted by Crippen LogP contribution is 2.25. The van der Waals surface area contributed by atoms with Gasteiger partial charge in [0.1, 0.15) is 0 Å². The van der Waals surface area contributed by atoms with Crippen LogP contribution in [0.25, 0.3) is 0 Å². The molecule has 0 bridgehead atoms. The monoisotopic (exact) mass is 234 g/mol. The van der Waals surface area contributed by atoms with Crippen LogP contribution in [0.15, 0.2) is 18.2 Å². The van der Waals surface area contributed by atoms with Crippen molar-refractivity contribution in [3.63, 3.8) is 0 Å². The molecular weight excluding hydrogens is 223 g/mol. The Morgan fingerprint density at radius 3 is 2.79 bits per heavy atom. The molecule has 14 heavy (non-hydrogen) atoms. The quantitative estimate of drug-likeness (QED) is 0.744. The molecule has 0 aliphatic carbocycles. The second-order valence-electron chi connectivity index (χ2n) is 2.89. The first-order valence-corrected chi connectivity index (χ1v) is 4.96. The third kappa shape index (κ3) is 3.35. The molecule has 1 atom stereocenters. The topological polar surface area (TPSA) is 58.3 Å². The summed E-state index contributed by atoms with van der Waals surface area (Å²) in [4.78, 5) is 0. The highest BCUT2D eigenvalue weighted by atomic mass is 35.5. The molecule has 0 heterocycles. The fraction of sp³-hybridized carbons (Fsp3) is 0.333. The van der Waals surface area contributed by atoms with Gasteiger partial charge in [-0.25, -0.2) is 0 Å². The maximum atomic E-state index is 9.22. The zero-order valence-corrected chi connectivity index (χ0v) is 9.02. The summed E-state index contributed by atoms with van der Waals surface area (Å²) >= 11 is 11.7. The van der Waals surface area contributed by atoms with E-state index >= 15 is 0 Å². The van der Waals surface area contributed by atoms with Crippen molar-refractivity contribution in [1.82, 2.24) is 0 Å². The van der Waals surface area contributed by atoms with Gasteiger partial charge in [0.25, 0.3) is 0 Å². The maximum Gasteiger partial charge on any atom is 0.0834 e. The van der Waals surface area contributed by atoms with Crippen LogP contribution in [-0.4, -0.2) is 24.3 Å². The minimum Gasteiger partial charge on any atom is -0.390 e. The fourth-order valence-electron chi connectivity index (χ4n) is 0.944. The molecule has 0 aliphatic rings. The molecule has 1 aromatic carbocycles. The van der Waals surface area contributed by atoms with E-state index in [9.17, 15) is 5.11 Å². The van der Waals surface area contributed by atoms with Gasteiger partial charge in [-0.05, 0) is 18.2 Å². The summed E-state index contributed by atoms with van der Waals surface area (Å²) in [7, 11) is 0. The SMILES string of the molecule is NC[C@H](O)CNc1cc(Cl)ccc1Cl. The minimum absolute atomic E-state index is 0.213. The van der Waals surface area contributed by atoms with E-state index in [1.54, 1.807) is 18.2 Å². The van der Waals surface area contributed by atoms with Crippen LogP contribution in [0.3, 0.4) is 0 Å². The number of hydrogen-bond donors (Lipinski definition) is 3. The predicted octanol–water partition coefficient (Wildman–Crippen LogP) is 1.72. The zero-order chi connectivity index (χ0) is 10.6. The Kier molecular flexibility index (Phi) is 4.48. The Morgan fingerprint density at radius 2 is 2.14 bits per heavy atom. The summed E-state index contributed by atoms with van der Waals surface area (Å²) in [5, 5.41) is 13.3. The van der Waals surface area contributed by atoms with Crippen LogP contribution >= 0.6 is 23.2 Å². The van der Waals surface area contributed by atoms with E-state index in [0.717, 1.165) is 0 Å². The fourth-order valence-corrected chi connectivity index (χ4v) is 1.30. The largest absolute Gasteiger partial charge is 0.390 e. The smallest absolute Gasteiger partial charge is 0.0834 e. The van der Waals surface area contributed by atoms with Crippen LogP contribution in [0.2, 0.25) is 10.0 Å². The number of anilines is 1. The third-order valence-electron chi connectivity index (χ3n) is 1.73. The van der Waals surface area contributed by atoms with Gasteiger partial charge in [0.05, 0.1) is 16.8 Å². The Hall–Kier alpha value is -0.480. The molecule has 1 aromatic rings. The maximum absolute atomic E-state index is 9.22. The molecule has 0 saturated carbocycles. The second kappa shape index (κ2) is 5.41. The lowest BCUT2D eigenvalue weighted by Gasteiger charge is -2.11. The zero-order valence-electron chi connectivity index (χ0n) is 7.50. The first-order valence-electron chi connectivity index (χ1n) is 4.20. The molecule has 0 aliphatic heterocycles. The van der Waals surface area contributed by atoms with Crippen molar-refractivity contribution in [3.8, 4) is 0 Å². The first kappa shape index (κ1) is 11.6. The Labute approximate surface area is 92.8 Å². The molecule has 0 saturated heterocycles. The Bertz CT molecular complexity index is 307. The van der Waals surface area contributed by atoms with Crippen LogP contribution < -0.4 is 11.1 Å². The van der Waals surface area contributed by atoms with Crippen LogP contribution in [0.1, 0.15) is 0 Å². The number of aliphatic hydroxyl groups excluding tert-OH is 1. The van der Waals surface area contributed by atoms with Crippen LogP contribution in [0.5, 0.6) is 0 Å². The van der Waals surface area contributed by atoms with Gasteiger partial charge < -0.3 is 16.2 Å². The van der Waals surface area contributed by atoms with Gasteiger partial charge in [-0.1, -0.05) is 23.2 Å². The van der Waals surface area contributed by atoms with Crippen molar-refractivity contribution in [3.05, 3.63) is 28.2 Å². The molecule has 1 rings (SSSR count). The molecule has 0 unspecified atom stereocenters. The number of rotatable bonds is 4.